The predicted molar refractivity (Wildman–Crippen MR) is 132 cm³/mol. The molecule has 2 heterocycles. The van der Waals surface area contributed by atoms with Gasteiger partial charge in [0.2, 0.25) is 11.8 Å². The Balaban J connectivity index is 1.74. The van der Waals surface area contributed by atoms with Crippen LogP contribution in [0.1, 0.15) is 70.0 Å². The van der Waals surface area contributed by atoms with Crippen LogP contribution < -0.4 is 15.5 Å². The van der Waals surface area contributed by atoms with Gasteiger partial charge in [0.25, 0.3) is 0 Å². The second-order valence-electron chi connectivity index (χ2n) is 10.5. The van der Waals surface area contributed by atoms with E-state index in [0.717, 1.165) is 31.2 Å². The molecule has 34 heavy (non-hydrogen) atoms. The van der Waals surface area contributed by atoms with E-state index < -0.39 is 18.2 Å². The summed E-state index contributed by atoms with van der Waals surface area (Å²) in [5.41, 5.74) is 2.35. The number of hydrogen-bond acceptors (Lipinski definition) is 5. The Kier molecular flexibility index (Phi) is 7.33. The molecule has 2 aromatic rings. The summed E-state index contributed by atoms with van der Waals surface area (Å²) < 4.78 is 0. The molecule has 1 aromatic carbocycles. The summed E-state index contributed by atoms with van der Waals surface area (Å²) in [6.45, 7) is 6.76. The minimum absolute atomic E-state index is 0.0415. The standard InChI is InChI=1S/C27H36N4O3/c1-27(2,3)19-11-13-21(14-12-19)31(26(34)23-22(32)17-29-23)24(18-8-7-15-28-16-18)25(33)30-20-9-5-4-6-10-20/h7-8,11-16,20,22-24,29,32H,4-6,9-10,17H2,1-3H3,(H,30,33)/t22?,23-,24?/m1/s1. The number of hydrogen-bond donors (Lipinski definition) is 3. The van der Waals surface area contributed by atoms with E-state index in [1.807, 2.05) is 30.3 Å². The number of β-amino-alcohol motifs (C(OH)–C–C–N with tert-alkyl or cyclic N) is 1. The molecule has 1 aliphatic carbocycles. The zero-order valence-corrected chi connectivity index (χ0v) is 20.3. The number of nitrogens with one attached hydrogen (secondary N) is 2. The summed E-state index contributed by atoms with van der Waals surface area (Å²) in [5.74, 6) is -0.545. The van der Waals surface area contributed by atoms with Crippen LogP contribution >= 0.6 is 0 Å². The highest BCUT2D eigenvalue weighted by Gasteiger charge is 2.43. The molecule has 1 aromatic heterocycles. The van der Waals surface area contributed by atoms with Crippen LogP contribution in [0.4, 0.5) is 5.69 Å². The third-order valence-electron chi connectivity index (χ3n) is 6.90. The quantitative estimate of drug-likeness (QED) is 0.610. The predicted octanol–water partition coefficient (Wildman–Crippen LogP) is 3.24. The maximum absolute atomic E-state index is 13.8. The molecule has 182 valence electrons. The normalized spacial score (nSPS) is 21.9. The van der Waals surface area contributed by atoms with E-state index in [9.17, 15) is 14.7 Å². The molecule has 7 heteroatoms. The third kappa shape index (κ3) is 5.31. The van der Waals surface area contributed by atoms with Crippen LogP contribution in [0.15, 0.2) is 48.8 Å². The Hall–Kier alpha value is -2.77. The first-order valence-electron chi connectivity index (χ1n) is 12.3. The summed E-state index contributed by atoms with van der Waals surface area (Å²) >= 11 is 0. The van der Waals surface area contributed by atoms with Gasteiger partial charge in [0.05, 0.1) is 6.10 Å². The lowest BCUT2D eigenvalue weighted by atomic mass is 9.87. The molecule has 2 fully saturated rings. The van der Waals surface area contributed by atoms with Crippen LogP contribution in [-0.2, 0) is 15.0 Å². The lowest BCUT2D eigenvalue weighted by Crippen LogP contribution is -2.65. The third-order valence-corrected chi connectivity index (χ3v) is 6.90. The lowest BCUT2D eigenvalue weighted by Gasteiger charge is -2.40. The van der Waals surface area contributed by atoms with Crippen LogP contribution in [0.3, 0.4) is 0 Å². The van der Waals surface area contributed by atoms with Gasteiger partial charge in [-0.15, -0.1) is 0 Å². The summed E-state index contributed by atoms with van der Waals surface area (Å²) in [4.78, 5) is 33.2. The topological polar surface area (TPSA) is 94.6 Å². The molecule has 1 saturated heterocycles. The fraction of sp³-hybridized carbons (Fsp3) is 0.519. The van der Waals surface area contributed by atoms with Gasteiger partial charge in [-0.3, -0.25) is 19.5 Å². The average molecular weight is 465 g/mol. The highest BCUT2D eigenvalue weighted by atomic mass is 16.3. The number of pyridine rings is 1. The first kappa shape index (κ1) is 24.4. The number of rotatable bonds is 6. The molecule has 4 rings (SSSR count). The minimum atomic E-state index is -0.891. The number of amides is 2. The van der Waals surface area contributed by atoms with Crippen LogP contribution in [-0.4, -0.2) is 46.6 Å². The van der Waals surface area contributed by atoms with Crippen molar-refractivity contribution >= 4 is 17.5 Å². The number of aliphatic hydroxyl groups excluding tert-OH is 1. The zero-order chi connectivity index (χ0) is 24.3. The SMILES string of the molecule is CC(C)(C)c1ccc(N(C(=O)[C@@H]2NCC2O)C(C(=O)NC2CCCCC2)c2cccnc2)cc1. The maximum Gasteiger partial charge on any atom is 0.248 e. The van der Waals surface area contributed by atoms with Crippen molar-refractivity contribution in [1.82, 2.24) is 15.6 Å². The number of aliphatic hydroxyl groups is 1. The minimum Gasteiger partial charge on any atom is -0.390 e. The molecule has 7 nitrogen and oxygen atoms in total. The van der Waals surface area contributed by atoms with Crippen LogP contribution in [0.5, 0.6) is 0 Å². The molecule has 0 spiro atoms. The summed E-state index contributed by atoms with van der Waals surface area (Å²) in [6.07, 6.45) is 7.79. The molecule has 3 atom stereocenters. The van der Waals surface area contributed by atoms with E-state index in [2.05, 4.69) is 36.4 Å². The van der Waals surface area contributed by atoms with E-state index in [-0.39, 0.29) is 23.3 Å². The molecular weight excluding hydrogens is 428 g/mol. The molecule has 1 saturated carbocycles. The Morgan fingerprint density at radius 3 is 2.35 bits per heavy atom. The van der Waals surface area contributed by atoms with E-state index >= 15 is 0 Å². The molecule has 2 amide bonds. The molecule has 2 unspecified atom stereocenters. The number of carbonyl (C=O) groups excluding carboxylic acids is 2. The second-order valence-corrected chi connectivity index (χ2v) is 10.5. The largest absolute Gasteiger partial charge is 0.390 e. The monoisotopic (exact) mass is 464 g/mol. The molecule has 2 aliphatic rings. The van der Waals surface area contributed by atoms with Crippen LogP contribution in [0.2, 0.25) is 0 Å². The number of aromatic nitrogens is 1. The molecule has 0 radical (unpaired) electrons. The van der Waals surface area contributed by atoms with Crippen molar-refractivity contribution in [3.8, 4) is 0 Å². The van der Waals surface area contributed by atoms with E-state index in [1.54, 1.807) is 18.5 Å². The van der Waals surface area contributed by atoms with Gasteiger partial charge in [0.15, 0.2) is 0 Å². The number of nitrogens with zero attached hydrogens (tertiary/aromatic N) is 2. The summed E-state index contributed by atoms with van der Waals surface area (Å²) in [5, 5.41) is 16.5. The number of benzene rings is 1. The van der Waals surface area contributed by atoms with Crippen molar-refractivity contribution in [3.63, 3.8) is 0 Å². The van der Waals surface area contributed by atoms with Gasteiger partial charge in [0.1, 0.15) is 12.1 Å². The van der Waals surface area contributed by atoms with E-state index in [0.29, 0.717) is 17.8 Å². The second kappa shape index (κ2) is 10.2. The smallest absolute Gasteiger partial charge is 0.248 e. The molecule has 0 bridgehead atoms. The number of anilines is 1. The van der Waals surface area contributed by atoms with Gasteiger partial charge in [-0.25, -0.2) is 0 Å². The van der Waals surface area contributed by atoms with Crippen LogP contribution in [0.25, 0.3) is 0 Å². The van der Waals surface area contributed by atoms with Crippen molar-refractivity contribution < 1.29 is 14.7 Å². The van der Waals surface area contributed by atoms with Gasteiger partial charge in [-0.1, -0.05) is 58.2 Å². The Morgan fingerprint density at radius 2 is 1.82 bits per heavy atom. The highest BCUT2D eigenvalue weighted by molar-refractivity contribution is 6.04. The zero-order valence-electron chi connectivity index (χ0n) is 20.3. The summed E-state index contributed by atoms with van der Waals surface area (Å²) in [7, 11) is 0. The molecule has 1 aliphatic heterocycles. The highest BCUT2D eigenvalue weighted by Crippen LogP contribution is 2.32. The van der Waals surface area contributed by atoms with Crippen molar-refractivity contribution in [3.05, 3.63) is 59.9 Å². The van der Waals surface area contributed by atoms with Crippen molar-refractivity contribution in [2.75, 3.05) is 11.4 Å². The number of carbonyl (C=O) groups is 2. The van der Waals surface area contributed by atoms with Gasteiger partial charge in [-0.05, 0) is 42.0 Å². The van der Waals surface area contributed by atoms with Gasteiger partial charge >= 0.3 is 0 Å². The molecular formula is C27H36N4O3. The van der Waals surface area contributed by atoms with E-state index in [4.69, 9.17) is 0 Å². The first-order valence-corrected chi connectivity index (χ1v) is 12.3. The Labute approximate surface area is 202 Å². The average Bonchev–Trinajstić information content (AvgIpc) is 2.82. The van der Waals surface area contributed by atoms with Gasteiger partial charge < -0.3 is 15.7 Å². The first-order chi connectivity index (χ1) is 16.3. The van der Waals surface area contributed by atoms with Crippen molar-refractivity contribution in [2.45, 2.75) is 82.5 Å². The van der Waals surface area contributed by atoms with Gasteiger partial charge in [0, 0.05) is 36.2 Å². The van der Waals surface area contributed by atoms with Crippen molar-refractivity contribution in [2.24, 2.45) is 0 Å². The Bertz CT molecular complexity index is 981. The maximum atomic E-state index is 13.8. The van der Waals surface area contributed by atoms with E-state index in [1.165, 1.54) is 11.3 Å². The molecule has 3 N–H and O–H groups in total. The summed E-state index contributed by atoms with van der Waals surface area (Å²) in [6, 6.07) is 9.85. The van der Waals surface area contributed by atoms with Crippen LogP contribution in [0, 0.1) is 0 Å². The fourth-order valence-electron chi connectivity index (χ4n) is 4.75. The lowest BCUT2D eigenvalue weighted by molar-refractivity contribution is -0.131. The Morgan fingerprint density at radius 1 is 1.12 bits per heavy atom. The van der Waals surface area contributed by atoms with Gasteiger partial charge in [-0.2, -0.15) is 0 Å². The van der Waals surface area contributed by atoms with Crippen molar-refractivity contribution in [1.29, 1.82) is 0 Å². The fourth-order valence-corrected chi connectivity index (χ4v) is 4.75.